The number of rotatable bonds is 4. The lowest BCUT2D eigenvalue weighted by molar-refractivity contribution is 0.604. The van der Waals surface area contributed by atoms with Crippen LogP contribution in [0.15, 0.2) is 29.2 Å². The summed E-state index contributed by atoms with van der Waals surface area (Å²) in [6.45, 7) is 0. The number of hydrogen-bond acceptors (Lipinski definition) is 3. The van der Waals surface area contributed by atoms with Crippen LogP contribution >= 0.6 is 11.8 Å². The predicted molar refractivity (Wildman–Crippen MR) is 63.5 cm³/mol. The summed E-state index contributed by atoms with van der Waals surface area (Å²) in [5.74, 6) is 1.05. The van der Waals surface area contributed by atoms with Gasteiger partial charge in [0, 0.05) is 22.8 Å². The number of nitrogen functional groups attached to an aromatic ring is 1. The molecule has 0 saturated heterocycles. The Bertz CT molecular complexity index is 391. The molecule has 1 fully saturated rings. The zero-order chi connectivity index (χ0) is 10.7. The van der Waals surface area contributed by atoms with Crippen LogP contribution in [-0.4, -0.2) is 5.75 Å². The average Bonchev–Trinajstić information content (AvgIpc) is 2.97. The Kier molecular flexibility index (Phi) is 2.88. The van der Waals surface area contributed by atoms with Crippen molar-refractivity contribution in [3.63, 3.8) is 0 Å². The maximum absolute atomic E-state index is 8.70. The van der Waals surface area contributed by atoms with Gasteiger partial charge in [0.2, 0.25) is 0 Å². The number of nitrogens with two attached hydrogens (primary N) is 1. The second kappa shape index (κ2) is 4.16. The van der Waals surface area contributed by atoms with Crippen molar-refractivity contribution < 1.29 is 0 Å². The van der Waals surface area contributed by atoms with Gasteiger partial charge in [-0.25, -0.2) is 0 Å². The Morgan fingerprint density at radius 2 is 2.27 bits per heavy atom. The molecule has 1 aromatic rings. The van der Waals surface area contributed by atoms with Crippen molar-refractivity contribution >= 4 is 17.4 Å². The van der Waals surface area contributed by atoms with Gasteiger partial charge >= 0.3 is 0 Å². The molecule has 1 saturated carbocycles. The van der Waals surface area contributed by atoms with Crippen molar-refractivity contribution in [3.05, 3.63) is 24.3 Å². The maximum Gasteiger partial charge on any atom is 0.0627 e. The number of nitriles is 1. The summed E-state index contributed by atoms with van der Waals surface area (Å²) in [6.07, 6.45) is 3.11. The van der Waals surface area contributed by atoms with E-state index in [2.05, 4.69) is 12.1 Å². The number of benzene rings is 1. The van der Waals surface area contributed by atoms with Gasteiger partial charge in [-0.05, 0) is 36.5 Å². The molecule has 0 bridgehead atoms. The maximum atomic E-state index is 8.70. The van der Waals surface area contributed by atoms with Gasteiger partial charge in [-0.3, -0.25) is 0 Å². The molecule has 0 unspecified atom stereocenters. The number of nitrogens with zero attached hydrogens (tertiary/aromatic N) is 1. The molecule has 0 spiro atoms. The van der Waals surface area contributed by atoms with E-state index in [0.717, 1.165) is 11.4 Å². The van der Waals surface area contributed by atoms with E-state index in [4.69, 9.17) is 11.0 Å². The van der Waals surface area contributed by atoms with Crippen molar-refractivity contribution in [2.75, 3.05) is 11.5 Å². The van der Waals surface area contributed by atoms with E-state index in [1.807, 2.05) is 30.0 Å². The van der Waals surface area contributed by atoms with Gasteiger partial charge in [0.1, 0.15) is 0 Å². The Hall–Kier alpha value is -1.14. The summed E-state index contributed by atoms with van der Waals surface area (Å²) in [5, 5.41) is 8.70. The third-order valence-electron chi connectivity index (χ3n) is 2.81. The molecule has 78 valence electrons. The van der Waals surface area contributed by atoms with Crippen LogP contribution in [0.5, 0.6) is 0 Å². The number of anilines is 1. The Balaban J connectivity index is 1.91. The van der Waals surface area contributed by atoms with Gasteiger partial charge in [-0.2, -0.15) is 5.26 Å². The highest BCUT2D eigenvalue weighted by Crippen LogP contribution is 2.51. The molecule has 0 aliphatic heterocycles. The van der Waals surface area contributed by atoms with E-state index in [-0.39, 0.29) is 0 Å². The molecule has 3 heteroatoms. The van der Waals surface area contributed by atoms with Gasteiger partial charge < -0.3 is 5.73 Å². The van der Waals surface area contributed by atoms with Crippen molar-refractivity contribution in [1.82, 2.24) is 0 Å². The van der Waals surface area contributed by atoms with Crippen molar-refractivity contribution in [3.8, 4) is 6.07 Å². The summed E-state index contributed by atoms with van der Waals surface area (Å²) in [7, 11) is 0. The fraction of sp³-hybridized carbons (Fsp3) is 0.417. The predicted octanol–water partition coefficient (Wildman–Crippen LogP) is 3.05. The lowest BCUT2D eigenvalue weighted by Crippen LogP contribution is -2.02. The van der Waals surface area contributed by atoms with Crippen LogP contribution in [-0.2, 0) is 0 Å². The van der Waals surface area contributed by atoms with Crippen LogP contribution in [0, 0.1) is 16.7 Å². The van der Waals surface area contributed by atoms with E-state index < -0.39 is 0 Å². The van der Waals surface area contributed by atoms with E-state index in [1.165, 1.54) is 17.7 Å². The number of thioether (sulfide) groups is 1. The fourth-order valence-electron chi connectivity index (χ4n) is 1.56. The standard InChI is InChI=1S/C12H14N2S/c13-7-6-12(4-5-12)9-15-11-3-1-2-10(14)8-11/h1-3,8H,4-6,9,14H2. The first-order valence-corrected chi connectivity index (χ1v) is 6.08. The van der Waals surface area contributed by atoms with Gasteiger partial charge in [-0.15, -0.1) is 11.8 Å². The molecule has 2 N–H and O–H groups in total. The third-order valence-corrected chi connectivity index (χ3v) is 4.16. The molecule has 1 aliphatic rings. The summed E-state index contributed by atoms with van der Waals surface area (Å²) >= 11 is 1.81. The molecule has 1 aliphatic carbocycles. The highest BCUT2D eigenvalue weighted by atomic mass is 32.2. The molecule has 0 heterocycles. The molecule has 15 heavy (non-hydrogen) atoms. The average molecular weight is 218 g/mol. The fourth-order valence-corrected chi connectivity index (χ4v) is 2.82. The Labute approximate surface area is 94.5 Å². The van der Waals surface area contributed by atoms with Crippen molar-refractivity contribution in [2.45, 2.75) is 24.2 Å². The van der Waals surface area contributed by atoms with Crippen LogP contribution in [0.3, 0.4) is 0 Å². The summed E-state index contributed by atoms with van der Waals surface area (Å²) in [6, 6.07) is 10.2. The van der Waals surface area contributed by atoms with Crippen LogP contribution in [0.25, 0.3) is 0 Å². The normalized spacial score (nSPS) is 17.0. The molecule has 2 rings (SSSR count). The lowest BCUT2D eigenvalue weighted by atomic mass is 10.1. The first kappa shape index (κ1) is 10.4. The van der Waals surface area contributed by atoms with Crippen LogP contribution < -0.4 is 5.73 Å². The zero-order valence-corrected chi connectivity index (χ0v) is 9.39. The molecular formula is C12H14N2S. The van der Waals surface area contributed by atoms with E-state index in [9.17, 15) is 0 Å². The summed E-state index contributed by atoms with van der Waals surface area (Å²) in [4.78, 5) is 1.21. The van der Waals surface area contributed by atoms with Crippen molar-refractivity contribution in [2.24, 2.45) is 5.41 Å². The quantitative estimate of drug-likeness (QED) is 0.624. The summed E-state index contributed by atoms with van der Waals surface area (Å²) < 4.78 is 0. The minimum Gasteiger partial charge on any atom is -0.399 e. The molecule has 0 atom stereocenters. The minimum atomic E-state index is 0.310. The molecule has 0 radical (unpaired) electrons. The van der Waals surface area contributed by atoms with Crippen molar-refractivity contribution in [1.29, 1.82) is 5.26 Å². The first-order chi connectivity index (χ1) is 7.24. The molecule has 2 nitrogen and oxygen atoms in total. The topological polar surface area (TPSA) is 49.8 Å². The first-order valence-electron chi connectivity index (χ1n) is 5.09. The Morgan fingerprint density at radius 3 is 2.87 bits per heavy atom. The van der Waals surface area contributed by atoms with Crippen LogP contribution in [0.2, 0.25) is 0 Å². The second-order valence-electron chi connectivity index (χ2n) is 4.20. The van der Waals surface area contributed by atoms with E-state index >= 15 is 0 Å². The highest BCUT2D eigenvalue weighted by Gasteiger charge is 2.42. The van der Waals surface area contributed by atoms with E-state index in [0.29, 0.717) is 11.8 Å². The molecule has 0 aromatic heterocycles. The van der Waals surface area contributed by atoms with Gasteiger partial charge in [0.15, 0.2) is 0 Å². The minimum absolute atomic E-state index is 0.310. The van der Waals surface area contributed by atoms with Gasteiger partial charge in [-0.1, -0.05) is 6.07 Å². The smallest absolute Gasteiger partial charge is 0.0627 e. The molecule has 1 aromatic carbocycles. The molecular weight excluding hydrogens is 204 g/mol. The highest BCUT2D eigenvalue weighted by molar-refractivity contribution is 7.99. The zero-order valence-electron chi connectivity index (χ0n) is 8.57. The van der Waals surface area contributed by atoms with E-state index in [1.54, 1.807) is 0 Å². The summed E-state index contributed by atoms with van der Waals surface area (Å²) in [5.41, 5.74) is 6.83. The van der Waals surface area contributed by atoms with Crippen LogP contribution in [0.1, 0.15) is 19.3 Å². The monoisotopic (exact) mass is 218 g/mol. The number of hydrogen-bond donors (Lipinski definition) is 1. The largest absolute Gasteiger partial charge is 0.399 e. The Morgan fingerprint density at radius 1 is 1.47 bits per heavy atom. The van der Waals surface area contributed by atoms with Gasteiger partial charge in [0.05, 0.1) is 6.07 Å². The molecule has 0 amide bonds. The lowest BCUT2D eigenvalue weighted by Gasteiger charge is -2.10. The van der Waals surface area contributed by atoms with Crippen LogP contribution in [0.4, 0.5) is 5.69 Å². The SMILES string of the molecule is N#CCC1(CSc2cccc(N)c2)CC1. The van der Waals surface area contributed by atoms with Gasteiger partial charge in [0.25, 0.3) is 0 Å². The second-order valence-corrected chi connectivity index (χ2v) is 5.24. The third kappa shape index (κ3) is 2.66.